The zero-order valence-corrected chi connectivity index (χ0v) is 10.7. The van der Waals surface area contributed by atoms with Crippen LogP contribution in [0.3, 0.4) is 0 Å². The molecule has 0 heterocycles. The van der Waals surface area contributed by atoms with Crippen LogP contribution in [0.25, 0.3) is 0 Å². The van der Waals surface area contributed by atoms with Crippen LogP contribution in [0.2, 0.25) is 5.02 Å². The molecule has 0 radical (unpaired) electrons. The van der Waals surface area contributed by atoms with Gasteiger partial charge in [-0.3, -0.25) is 4.79 Å². The molecule has 0 saturated heterocycles. The zero-order valence-electron chi connectivity index (χ0n) is 9.91. The molecule has 4 heteroatoms. The zero-order chi connectivity index (χ0) is 13.1. The number of amides is 1. The van der Waals surface area contributed by atoms with Crippen molar-refractivity contribution in [3.05, 3.63) is 58.6 Å². The Morgan fingerprint density at radius 1 is 1.17 bits per heavy atom. The van der Waals surface area contributed by atoms with E-state index >= 15 is 0 Å². The van der Waals surface area contributed by atoms with Crippen LogP contribution in [0, 0.1) is 6.92 Å². The van der Waals surface area contributed by atoms with E-state index in [-0.39, 0.29) is 10.9 Å². The average Bonchev–Trinajstić information content (AvgIpc) is 2.35. The van der Waals surface area contributed by atoms with E-state index in [0.29, 0.717) is 11.3 Å². The van der Waals surface area contributed by atoms with E-state index in [9.17, 15) is 4.79 Å². The standard InChI is InChI=1S/C14H13ClN2O/c1-9-5-7-10(8-6-9)17-14(18)11-3-2-4-12(16)13(11)15/h2-8H,16H2,1H3,(H,17,18). The van der Waals surface area contributed by atoms with Crippen molar-refractivity contribution in [3.8, 4) is 0 Å². The number of nitrogen functional groups attached to an aromatic ring is 1. The van der Waals surface area contributed by atoms with Crippen molar-refractivity contribution in [2.24, 2.45) is 0 Å². The third-order valence-corrected chi connectivity index (χ3v) is 3.00. The van der Waals surface area contributed by atoms with E-state index < -0.39 is 0 Å². The Balaban J connectivity index is 2.22. The number of benzene rings is 2. The smallest absolute Gasteiger partial charge is 0.257 e. The summed E-state index contributed by atoms with van der Waals surface area (Å²) in [6, 6.07) is 12.5. The van der Waals surface area contributed by atoms with Crippen LogP contribution in [0.5, 0.6) is 0 Å². The fourth-order valence-corrected chi connectivity index (χ4v) is 1.77. The van der Waals surface area contributed by atoms with Gasteiger partial charge in [0.05, 0.1) is 16.3 Å². The predicted octanol–water partition coefficient (Wildman–Crippen LogP) is 3.48. The number of carbonyl (C=O) groups is 1. The number of hydrogen-bond acceptors (Lipinski definition) is 2. The van der Waals surface area contributed by atoms with Crippen LogP contribution < -0.4 is 11.1 Å². The maximum absolute atomic E-state index is 12.0. The quantitative estimate of drug-likeness (QED) is 0.812. The molecule has 92 valence electrons. The first kappa shape index (κ1) is 12.5. The highest BCUT2D eigenvalue weighted by Crippen LogP contribution is 2.23. The summed E-state index contributed by atoms with van der Waals surface area (Å²) in [6.45, 7) is 1.99. The largest absolute Gasteiger partial charge is 0.398 e. The van der Waals surface area contributed by atoms with Crippen molar-refractivity contribution in [2.45, 2.75) is 6.92 Å². The Morgan fingerprint density at radius 2 is 1.83 bits per heavy atom. The molecular weight excluding hydrogens is 248 g/mol. The van der Waals surface area contributed by atoms with Gasteiger partial charge >= 0.3 is 0 Å². The van der Waals surface area contributed by atoms with Crippen LogP contribution >= 0.6 is 11.6 Å². The molecular formula is C14H13ClN2O. The second kappa shape index (κ2) is 5.10. The Labute approximate surface area is 111 Å². The first-order valence-corrected chi connectivity index (χ1v) is 5.88. The molecule has 0 fully saturated rings. The maximum atomic E-state index is 12.0. The molecule has 0 aliphatic rings. The third-order valence-electron chi connectivity index (χ3n) is 2.58. The summed E-state index contributed by atoms with van der Waals surface area (Å²) < 4.78 is 0. The first-order chi connectivity index (χ1) is 8.58. The summed E-state index contributed by atoms with van der Waals surface area (Å²) in [6.07, 6.45) is 0. The fourth-order valence-electron chi connectivity index (χ4n) is 1.56. The van der Waals surface area contributed by atoms with Gasteiger partial charge in [-0.15, -0.1) is 0 Å². The van der Waals surface area contributed by atoms with Gasteiger partial charge in [0.25, 0.3) is 5.91 Å². The summed E-state index contributed by atoms with van der Waals surface area (Å²) in [7, 11) is 0. The van der Waals surface area contributed by atoms with Crippen molar-refractivity contribution in [1.29, 1.82) is 0 Å². The summed E-state index contributed by atoms with van der Waals surface area (Å²) in [5.41, 5.74) is 8.29. The molecule has 0 spiro atoms. The van der Waals surface area contributed by atoms with Gasteiger partial charge in [-0.1, -0.05) is 35.4 Å². The lowest BCUT2D eigenvalue weighted by molar-refractivity contribution is 0.102. The van der Waals surface area contributed by atoms with E-state index in [2.05, 4.69) is 5.32 Å². The second-order valence-electron chi connectivity index (χ2n) is 4.03. The van der Waals surface area contributed by atoms with E-state index in [0.717, 1.165) is 11.3 Å². The highest BCUT2D eigenvalue weighted by molar-refractivity contribution is 6.36. The molecule has 0 unspecified atom stereocenters. The summed E-state index contributed by atoms with van der Waals surface area (Å²) in [5.74, 6) is -0.267. The summed E-state index contributed by atoms with van der Waals surface area (Å²) >= 11 is 5.99. The number of nitrogens with one attached hydrogen (secondary N) is 1. The molecule has 0 aliphatic carbocycles. The van der Waals surface area contributed by atoms with Crippen molar-refractivity contribution in [2.75, 3.05) is 11.1 Å². The monoisotopic (exact) mass is 260 g/mol. The van der Waals surface area contributed by atoms with Crippen molar-refractivity contribution in [3.63, 3.8) is 0 Å². The van der Waals surface area contributed by atoms with Crippen molar-refractivity contribution in [1.82, 2.24) is 0 Å². The Bertz CT molecular complexity index is 579. The van der Waals surface area contributed by atoms with Crippen molar-refractivity contribution >= 4 is 28.9 Å². The van der Waals surface area contributed by atoms with Gasteiger partial charge in [0, 0.05) is 5.69 Å². The summed E-state index contributed by atoms with van der Waals surface area (Å²) in [4.78, 5) is 12.0. The topological polar surface area (TPSA) is 55.1 Å². The molecule has 0 saturated carbocycles. The molecule has 1 amide bonds. The number of carbonyl (C=O) groups excluding carboxylic acids is 1. The van der Waals surface area contributed by atoms with Gasteiger partial charge in [-0.25, -0.2) is 0 Å². The molecule has 3 N–H and O–H groups in total. The van der Waals surface area contributed by atoms with Crippen LogP contribution in [0.4, 0.5) is 11.4 Å². The number of hydrogen-bond donors (Lipinski definition) is 2. The molecule has 3 nitrogen and oxygen atoms in total. The molecule has 2 aromatic rings. The number of aryl methyl sites for hydroxylation is 1. The molecule has 2 rings (SSSR count). The van der Waals surface area contributed by atoms with Crippen LogP contribution in [-0.4, -0.2) is 5.91 Å². The Hall–Kier alpha value is -2.00. The van der Waals surface area contributed by atoms with Gasteiger partial charge in [0.15, 0.2) is 0 Å². The lowest BCUT2D eigenvalue weighted by Crippen LogP contribution is -2.12. The molecule has 0 atom stereocenters. The number of halogens is 1. The lowest BCUT2D eigenvalue weighted by Gasteiger charge is -2.08. The van der Waals surface area contributed by atoms with Crippen LogP contribution in [-0.2, 0) is 0 Å². The normalized spacial score (nSPS) is 10.1. The molecule has 0 bridgehead atoms. The minimum Gasteiger partial charge on any atom is -0.398 e. The number of anilines is 2. The highest BCUT2D eigenvalue weighted by Gasteiger charge is 2.11. The molecule has 18 heavy (non-hydrogen) atoms. The Morgan fingerprint density at radius 3 is 2.50 bits per heavy atom. The molecule has 2 aromatic carbocycles. The molecule has 0 aromatic heterocycles. The second-order valence-corrected chi connectivity index (χ2v) is 4.41. The molecule has 0 aliphatic heterocycles. The minimum atomic E-state index is -0.267. The maximum Gasteiger partial charge on any atom is 0.257 e. The number of rotatable bonds is 2. The van der Waals surface area contributed by atoms with E-state index in [1.807, 2.05) is 31.2 Å². The van der Waals surface area contributed by atoms with Crippen LogP contribution in [0.15, 0.2) is 42.5 Å². The van der Waals surface area contributed by atoms with E-state index in [1.54, 1.807) is 18.2 Å². The summed E-state index contributed by atoms with van der Waals surface area (Å²) in [5, 5.41) is 3.05. The van der Waals surface area contributed by atoms with Crippen LogP contribution in [0.1, 0.15) is 15.9 Å². The first-order valence-electron chi connectivity index (χ1n) is 5.50. The Kier molecular flexibility index (Phi) is 3.53. The number of nitrogens with two attached hydrogens (primary N) is 1. The predicted molar refractivity (Wildman–Crippen MR) is 75.0 cm³/mol. The van der Waals surface area contributed by atoms with Gasteiger partial charge in [0.2, 0.25) is 0 Å². The SMILES string of the molecule is Cc1ccc(NC(=O)c2cccc(N)c2Cl)cc1. The fraction of sp³-hybridized carbons (Fsp3) is 0.0714. The third kappa shape index (κ3) is 2.63. The van der Waals surface area contributed by atoms with Gasteiger partial charge < -0.3 is 11.1 Å². The van der Waals surface area contributed by atoms with E-state index in [4.69, 9.17) is 17.3 Å². The van der Waals surface area contributed by atoms with Gasteiger partial charge in [0.1, 0.15) is 0 Å². The van der Waals surface area contributed by atoms with Crippen molar-refractivity contribution < 1.29 is 4.79 Å². The van der Waals surface area contributed by atoms with E-state index in [1.165, 1.54) is 0 Å². The lowest BCUT2D eigenvalue weighted by atomic mass is 10.1. The average molecular weight is 261 g/mol. The minimum absolute atomic E-state index is 0.267. The highest BCUT2D eigenvalue weighted by atomic mass is 35.5. The van der Waals surface area contributed by atoms with Gasteiger partial charge in [-0.2, -0.15) is 0 Å². The van der Waals surface area contributed by atoms with Gasteiger partial charge in [-0.05, 0) is 31.2 Å².